The van der Waals surface area contributed by atoms with E-state index in [0.29, 0.717) is 5.75 Å². The molecule has 0 saturated heterocycles. The number of aryl methyl sites for hydroxylation is 1. The monoisotopic (exact) mass is 264 g/mol. The van der Waals surface area contributed by atoms with Crippen molar-refractivity contribution in [3.05, 3.63) is 29.8 Å². The van der Waals surface area contributed by atoms with Crippen LogP contribution in [0.5, 0.6) is 5.75 Å². The molecule has 0 aliphatic heterocycles. The van der Waals surface area contributed by atoms with Crippen molar-refractivity contribution in [3.8, 4) is 5.75 Å². The van der Waals surface area contributed by atoms with Crippen LogP contribution in [0.3, 0.4) is 0 Å². The Balaban J connectivity index is 2.19. The Morgan fingerprint density at radius 1 is 1.32 bits per heavy atom. The lowest BCUT2D eigenvalue weighted by atomic mass is 9.97. The number of esters is 1. The highest BCUT2D eigenvalue weighted by molar-refractivity contribution is 5.72. The van der Waals surface area contributed by atoms with Crippen molar-refractivity contribution in [1.82, 2.24) is 0 Å². The van der Waals surface area contributed by atoms with Crippen molar-refractivity contribution >= 4 is 5.97 Å². The van der Waals surface area contributed by atoms with Crippen LogP contribution in [0, 0.1) is 5.92 Å². The largest absolute Gasteiger partial charge is 0.508 e. The number of phenolic OH excluding ortho intramolecular Hbond substituents is 1. The molecule has 0 heterocycles. The van der Waals surface area contributed by atoms with E-state index in [0.717, 1.165) is 38.5 Å². The standard InChI is InChI=1S/C16H24O3/c1-3-14(16(18)19-2)10-6-4-5-8-13-9-7-11-15(17)12-13/h7,9,11-12,14,17H,3-6,8,10H2,1-2H3. The molecule has 0 aromatic heterocycles. The summed E-state index contributed by atoms with van der Waals surface area (Å²) < 4.78 is 4.78. The van der Waals surface area contributed by atoms with Crippen LogP contribution < -0.4 is 0 Å². The molecule has 3 nitrogen and oxygen atoms in total. The minimum Gasteiger partial charge on any atom is -0.508 e. The fourth-order valence-electron chi connectivity index (χ4n) is 2.26. The van der Waals surface area contributed by atoms with E-state index in [4.69, 9.17) is 4.74 Å². The number of carbonyl (C=O) groups is 1. The zero-order chi connectivity index (χ0) is 14.1. The average Bonchev–Trinajstić information content (AvgIpc) is 2.42. The van der Waals surface area contributed by atoms with Crippen LogP contribution >= 0.6 is 0 Å². The molecule has 19 heavy (non-hydrogen) atoms. The van der Waals surface area contributed by atoms with Gasteiger partial charge < -0.3 is 9.84 Å². The molecule has 0 saturated carbocycles. The van der Waals surface area contributed by atoms with Gasteiger partial charge in [0.1, 0.15) is 5.75 Å². The van der Waals surface area contributed by atoms with Gasteiger partial charge in [-0.25, -0.2) is 0 Å². The van der Waals surface area contributed by atoms with Gasteiger partial charge in [-0.3, -0.25) is 4.79 Å². The number of benzene rings is 1. The molecule has 1 atom stereocenters. The normalized spacial score (nSPS) is 12.1. The van der Waals surface area contributed by atoms with Crippen LogP contribution in [0.4, 0.5) is 0 Å². The highest BCUT2D eigenvalue weighted by atomic mass is 16.5. The SMILES string of the molecule is CCC(CCCCCc1cccc(O)c1)C(=O)OC. The smallest absolute Gasteiger partial charge is 0.308 e. The summed E-state index contributed by atoms with van der Waals surface area (Å²) in [5.41, 5.74) is 1.17. The van der Waals surface area contributed by atoms with Crippen LogP contribution in [0.2, 0.25) is 0 Å². The summed E-state index contributed by atoms with van der Waals surface area (Å²) >= 11 is 0. The topological polar surface area (TPSA) is 46.5 Å². The molecule has 1 aromatic carbocycles. The van der Waals surface area contributed by atoms with Gasteiger partial charge in [0.15, 0.2) is 0 Å². The fourth-order valence-corrected chi connectivity index (χ4v) is 2.26. The summed E-state index contributed by atoms with van der Waals surface area (Å²) in [5, 5.41) is 9.36. The van der Waals surface area contributed by atoms with Gasteiger partial charge in [0.2, 0.25) is 0 Å². The van der Waals surface area contributed by atoms with Crippen LogP contribution in [-0.4, -0.2) is 18.2 Å². The highest BCUT2D eigenvalue weighted by Gasteiger charge is 2.15. The second kappa shape index (κ2) is 8.57. The summed E-state index contributed by atoms with van der Waals surface area (Å²) in [6.07, 6.45) is 5.96. The second-order valence-corrected chi connectivity index (χ2v) is 4.90. The molecule has 0 aliphatic carbocycles. The third-order valence-electron chi connectivity index (χ3n) is 3.46. The highest BCUT2D eigenvalue weighted by Crippen LogP contribution is 2.17. The van der Waals surface area contributed by atoms with E-state index in [2.05, 4.69) is 0 Å². The maximum atomic E-state index is 11.4. The Kier molecular flexibility index (Phi) is 7.01. The molecule has 1 N–H and O–H groups in total. The summed E-state index contributed by atoms with van der Waals surface area (Å²) in [7, 11) is 1.45. The van der Waals surface area contributed by atoms with Gasteiger partial charge in [-0.05, 0) is 43.4 Å². The van der Waals surface area contributed by atoms with Crippen molar-refractivity contribution in [2.24, 2.45) is 5.92 Å². The Morgan fingerprint density at radius 3 is 2.74 bits per heavy atom. The fraction of sp³-hybridized carbons (Fsp3) is 0.562. The number of hydrogen-bond donors (Lipinski definition) is 1. The van der Waals surface area contributed by atoms with Crippen molar-refractivity contribution < 1.29 is 14.6 Å². The molecule has 0 aliphatic rings. The zero-order valence-electron chi connectivity index (χ0n) is 11.9. The van der Waals surface area contributed by atoms with Gasteiger partial charge in [0.25, 0.3) is 0 Å². The number of rotatable bonds is 8. The van der Waals surface area contributed by atoms with E-state index in [-0.39, 0.29) is 11.9 Å². The number of aromatic hydroxyl groups is 1. The number of methoxy groups -OCH3 is 1. The first kappa shape index (κ1) is 15.5. The van der Waals surface area contributed by atoms with Crippen molar-refractivity contribution in [1.29, 1.82) is 0 Å². The van der Waals surface area contributed by atoms with Crippen molar-refractivity contribution in [2.75, 3.05) is 7.11 Å². The number of unbranched alkanes of at least 4 members (excludes halogenated alkanes) is 2. The van der Waals surface area contributed by atoms with Crippen LogP contribution in [0.25, 0.3) is 0 Å². The van der Waals surface area contributed by atoms with E-state index in [1.54, 1.807) is 6.07 Å². The molecule has 1 aromatic rings. The Hall–Kier alpha value is -1.51. The summed E-state index contributed by atoms with van der Waals surface area (Å²) in [6.45, 7) is 2.02. The van der Waals surface area contributed by atoms with E-state index in [1.165, 1.54) is 12.7 Å². The lowest BCUT2D eigenvalue weighted by Crippen LogP contribution is -2.15. The van der Waals surface area contributed by atoms with Gasteiger partial charge in [0.05, 0.1) is 13.0 Å². The number of ether oxygens (including phenoxy) is 1. The second-order valence-electron chi connectivity index (χ2n) is 4.90. The molecule has 0 bridgehead atoms. The number of hydrogen-bond acceptors (Lipinski definition) is 3. The van der Waals surface area contributed by atoms with Gasteiger partial charge in [-0.2, -0.15) is 0 Å². The lowest BCUT2D eigenvalue weighted by Gasteiger charge is -2.11. The van der Waals surface area contributed by atoms with Gasteiger partial charge in [0, 0.05) is 0 Å². The molecule has 0 fully saturated rings. The molecule has 1 rings (SSSR count). The third-order valence-corrected chi connectivity index (χ3v) is 3.46. The van der Waals surface area contributed by atoms with E-state index >= 15 is 0 Å². The Labute approximate surface area is 115 Å². The van der Waals surface area contributed by atoms with Crippen LogP contribution in [0.15, 0.2) is 24.3 Å². The first-order valence-corrected chi connectivity index (χ1v) is 7.03. The maximum absolute atomic E-state index is 11.4. The minimum absolute atomic E-state index is 0.0470. The molecule has 1 unspecified atom stereocenters. The summed E-state index contributed by atoms with van der Waals surface area (Å²) in [6, 6.07) is 7.40. The molecule has 0 radical (unpaired) electrons. The first-order chi connectivity index (χ1) is 9.17. The number of phenols is 1. The molecular weight excluding hydrogens is 240 g/mol. The zero-order valence-corrected chi connectivity index (χ0v) is 11.9. The first-order valence-electron chi connectivity index (χ1n) is 7.03. The molecule has 0 amide bonds. The van der Waals surface area contributed by atoms with Gasteiger partial charge in [-0.15, -0.1) is 0 Å². The van der Waals surface area contributed by atoms with E-state index < -0.39 is 0 Å². The molecule has 0 spiro atoms. The van der Waals surface area contributed by atoms with E-state index in [9.17, 15) is 9.90 Å². The van der Waals surface area contributed by atoms with E-state index in [1.807, 2.05) is 25.1 Å². The summed E-state index contributed by atoms with van der Waals surface area (Å²) in [5.74, 6) is 0.287. The Bertz CT molecular complexity index is 387. The molecule has 106 valence electrons. The van der Waals surface area contributed by atoms with Crippen molar-refractivity contribution in [2.45, 2.75) is 45.4 Å². The van der Waals surface area contributed by atoms with Gasteiger partial charge in [-0.1, -0.05) is 31.9 Å². The molecule has 3 heteroatoms. The predicted molar refractivity (Wildman–Crippen MR) is 76.1 cm³/mol. The predicted octanol–water partition coefficient (Wildman–Crippen LogP) is 3.69. The van der Waals surface area contributed by atoms with Crippen LogP contribution in [0.1, 0.15) is 44.6 Å². The third kappa shape index (κ3) is 5.77. The maximum Gasteiger partial charge on any atom is 0.308 e. The Morgan fingerprint density at radius 2 is 2.11 bits per heavy atom. The van der Waals surface area contributed by atoms with Gasteiger partial charge >= 0.3 is 5.97 Å². The van der Waals surface area contributed by atoms with Crippen LogP contribution in [-0.2, 0) is 16.0 Å². The van der Waals surface area contributed by atoms with Crippen molar-refractivity contribution in [3.63, 3.8) is 0 Å². The minimum atomic E-state index is -0.0875. The summed E-state index contributed by atoms with van der Waals surface area (Å²) in [4.78, 5) is 11.4. The quantitative estimate of drug-likeness (QED) is 0.575. The molecular formula is C16H24O3. The average molecular weight is 264 g/mol. The lowest BCUT2D eigenvalue weighted by molar-refractivity contribution is -0.145. The number of carbonyl (C=O) groups excluding carboxylic acids is 1.